The van der Waals surface area contributed by atoms with Gasteiger partial charge in [0.15, 0.2) is 5.69 Å². The number of halogens is 1. The number of nitrogens with zero attached hydrogens (tertiary/aromatic N) is 3. The van der Waals surface area contributed by atoms with Crippen molar-refractivity contribution in [1.82, 2.24) is 25.3 Å². The van der Waals surface area contributed by atoms with Gasteiger partial charge in [0.05, 0.1) is 12.2 Å². The van der Waals surface area contributed by atoms with Gasteiger partial charge in [-0.05, 0) is 24.3 Å². The normalized spacial score (nSPS) is 14.0. The molecule has 2 aromatic rings. The molecule has 8 nitrogen and oxygen atoms in total. The highest BCUT2D eigenvalue weighted by molar-refractivity contribution is 6.02. The van der Waals surface area contributed by atoms with E-state index in [0.29, 0.717) is 5.69 Å². The summed E-state index contributed by atoms with van der Waals surface area (Å²) in [5, 5.41) is 9.05. The fourth-order valence-corrected chi connectivity index (χ4v) is 2.26. The molecule has 0 bridgehead atoms. The second-order valence-corrected chi connectivity index (χ2v) is 5.09. The van der Waals surface area contributed by atoms with Crippen molar-refractivity contribution in [3.05, 3.63) is 48.0 Å². The van der Waals surface area contributed by atoms with Gasteiger partial charge in [-0.25, -0.2) is 13.9 Å². The summed E-state index contributed by atoms with van der Waals surface area (Å²) in [4.78, 5) is 35.8. The summed E-state index contributed by atoms with van der Waals surface area (Å²) in [5.74, 6) is -1.18. The van der Waals surface area contributed by atoms with Gasteiger partial charge in [-0.15, -0.1) is 0 Å². The maximum absolute atomic E-state index is 13.2. The number of amides is 4. The van der Waals surface area contributed by atoms with Crippen molar-refractivity contribution in [3.8, 4) is 5.69 Å². The molecule has 124 valence electrons. The number of rotatable bonds is 5. The predicted molar refractivity (Wildman–Crippen MR) is 81.0 cm³/mol. The first kappa shape index (κ1) is 15.7. The molecule has 1 fully saturated rings. The lowest BCUT2D eigenvalue weighted by Gasteiger charge is -2.12. The molecule has 3 rings (SSSR count). The van der Waals surface area contributed by atoms with Crippen molar-refractivity contribution in [2.75, 3.05) is 19.6 Å². The summed E-state index contributed by atoms with van der Waals surface area (Å²) >= 11 is 0. The topological polar surface area (TPSA) is 96.3 Å². The smallest absolute Gasteiger partial charge is 0.324 e. The Kier molecular flexibility index (Phi) is 4.23. The molecule has 4 amide bonds. The summed E-state index contributed by atoms with van der Waals surface area (Å²) in [5.41, 5.74) is 0.643. The summed E-state index contributed by atoms with van der Waals surface area (Å²) in [6, 6.07) is 6.85. The lowest BCUT2D eigenvalue weighted by molar-refractivity contribution is -0.124. The number of carbonyl (C=O) groups is 3. The van der Waals surface area contributed by atoms with E-state index in [4.69, 9.17) is 0 Å². The third kappa shape index (κ3) is 3.24. The molecule has 0 atom stereocenters. The monoisotopic (exact) mass is 331 g/mol. The molecule has 1 aliphatic rings. The van der Waals surface area contributed by atoms with Crippen LogP contribution in [0.1, 0.15) is 10.5 Å². The van der Waals surface area contributed by atoms with Gasteiger partial charge in [-0.3, -0.25) is 14.5 Å². The summed E-state index contributed by atoms with van der Waals surface area (Å²) in [7, 11) is 0. The molecule has 1 saturated heterocycles. The van der Waals surface area contributed by atoms with Gasteiger partial charge in [-0.1, -0.05) is 6.07 Å². The van der Waals surface area contributed by atoms with E-state index < -0.39 is 17.8 Å². The van der Waals surface area contributed by atoms with E-state index in [9.17, 15) is 18.8 Å². The lowest BCUT2D eigenvalue weighted by atomic mass is 10.3. The largest absolute Gasteiger partial charge is 0.349 e. The molecule has 2 N–H and O–H groups in total. The number of hydrogen-bond acceptors (Lipinski definition) is 4. The van der Waals surface area contributed by atoms with Gasteiger partial charge < -0.3 is 10.6 Å². The van der Waals surface area contributed by atoms with Crippen LogP contribution in [0.4, 0.5) is 9.18 Å². The molecule has 0 saturated carbocycles. The average molecular weight is 331 g/mol. The van der Waals surface area contributed by atoms with Crippen molar-refractivity contribution >= 4 is 17.8 Å². The molecule has 1 aromatic heterocycles. The van der Waals surface area contributed by atoms with E-state index in [2.05, 4.69) is 15.7 Å². The SMILES string of the molecule is O=C(NCCN1C(=O)CNC1=O)c1ccn(-c2cccc(F)c2)n1. The van der Waals surface area contributed by atoms with Crippen LogP contribution in [0, 0.1) is 5.82 Å². The maximum Gasteiger partial charge on any atom is 0.324 e. The molecule has 1 aliphatic heterocycles. The number of hydrogen-bond donors (Lipinski definition) is 2. The van der Waals surface area contributed by atoms with E-state index >= 15 is 0 Å². The quantitative estimate of drug-likeness (QED) is 0.770. The lowest BCUT2D eigenvalue weighted by Crippen LogP contribution is -2.38. The van der Waals surface area contributed by atoms with Crippen molar-refractivity contribution in [1.29, 1.82) is 0 Å². The van der Waals surface area contributed by atoms with E-state index in [0.717, 1.165) is 4.90 Å². The maximum atomic E-state index is 13.2. The predicted octanol–water partition coefficient (Wildman–Crippen LogP) is 0.293. The number of urea groups is 1. The van der Waals surface area contributed by atoms with Crippen LogP contribution in [0.25, 0.3) is 5.69 Å². The fraction of sp³-hybridized carbons (Fsp3) is 0.200. The van der Waals surface area contributed by atoms with Crippen LogP contribution in [-0.4, -0.2) is 52.2 Å². The molecule has 0 unspecified atom stereocenters. The third-order valence-corrected chi connectivity index (χ3v) is 3.45. The zero-order valence-corrected chi connectivity index (χ0v) is 12.5. The van der Waals surface area contributed by atoms with Crippen molar-refractivity contribution in [2.45, 2.75) is 0 Å². The van der Waals surface area contributed by atoms with Crippen LogP contribution in [0.15, 0.2) is 36.5 Å². The zero-order valence-electron chi connectivity index (χ0n) is 12.5. The van der Waals surface area contributed by atoms with Gasteiger partial charge >= 0.3 is 6.03 Å². The third-order valence-electron chi connectivity index (χ3n) is 3.45. The van der Waals surface area contributed by atoms with Crippen molar-refractivity contribution < 1.29 is 18.8 Å². The van der Waals surface area contributed by atoms with Gasteiger partial charge in [0.2, 0.25) is 5.91 Å². The first-order valence-electron chi connectivity index (χ1n) is 7.22. The molecule has 0 spiro atoms. The van der Waals surface area contributed by atoms with E-state index in [1.807, 2.05) is 0 Å². The highest BCUT2D eigenvalue weighted by Crippen LogP contribution is 2.09. The summed E-state index contributed by atoms with van der Waals surface area (Å²) in [6.07, 6.45) is 1.54. The number of imide groups is 1. The van der Waals surface area contributed by atoms with E-state index in [1.165, 1.54) is 22.9 Å². The highest BCUT2D eigenvalue weighted by atomic mass is 19.1. The molecular weight excluding hydrogens is 317 g/mol. The van der Waals surface area contributed by atoms with Gasteiger partial charge in [0.25, 0.3) is 5.91 Å². The molecule has 0 radical (unpaired) electrons. The Balaban J connectivity index is 1.58. The van der Waals surface area contributed by atoms with Crippen LogP contribution in [0.2, 0.25) is 0 Å². The van der Waals surface area contributed by atoms with E-state index in [-0.39, 0.29) is 31.2 Å². The minimum Gasteiger partial charge on any atom is -0.349 e. The van der Waals surface area contributed by atoms with Crippen LogP contribution < -0.4 is 10.6 Å². The number of aromatic nitrogens is 2. The average Bonchev–Trinajstić information content (AvgIpc) is 3.17. The van der Waals surface area contributed by atoms with Crippen LogP contribution in [-0.2, 0) is 4.79 Å². The minimum atomic E-state index is -0.468. The van der Waals surface area contributed by atoms with Crippen molar-refractivity contribution in [3.63, 3.8) is 0 Å². The van der Waals surface area contributed by atoms with Crippen LogP contribution in [0.3, 0.4) is 0 Å². The summed E-state index contributed by atoms with van der Waals surface area (Å²) < 4.78 is 14.6. The molecule has 24 heavy (non-hydrogen) atoms. The Morgan fingerprint density at radius 1 is 1.33 bits per heavy atom. The Labute approximate surface area is 136 Å². The molecule has 2 heterocycles. The Morgan fingerprint density at radius 3 is 2.88 bits per heavy atom. The Hall–Kier alpha value is -3.23. The number of benzene rings is 1. The molecule has 9 heteroatoms. The molecule has 1 aromatic carbocycles. The number of nitrogens with one attached hydrogen (secondary N) is 2. The first-order valence-corrected chi connectivity index (χ1v) is 7.22. The second-order valence-electron chi connectivity index (χ2n) is 5.09. The molecule has 0 aliphatic carbocycles. The van der Waals surface area contributed by atoms with E-state index in [1.54, 1.807) is 18.3 Å². The summed E-state index contributed by atoms with van der Waals surface area (Å²) in [6.45, 7) is 0.177. The van der Waals surface area contributed by atoms with Crippen molar-refractivity contribution in [2.24, 2.45) is 0 Å². The molecular formula is C15H14FN5O3. The van der Waals surface area contributed by atoms with Gasteiger partial charge in [0, 0.05) is 19.3 Å². The van der Waals surface area contributed by atoms with Crippen LogP contribution >= 0.6 is 0 Å². The number of carbonyl (C=O) groups excluding carboxylic acids is 3. The van der Waals surface area contributed by atoms with Crippen LogP contribution in [0.5, 0.6) is 0 Å². The Morgan fingerprint density at radius 2 is 2.17 bits per heavy atom. The first-order chi connectivity index (χ1) is 11.5. The minimum absolute atomic E-state index is 0.0230. The zero-order chi connectivity index (χ0) is 17.1. The highest BCUT2D eigenvalue weighted by Gasteiger charge is 2.27. The second kappa shape index (κ2) is 6.49. The standard InChI is InChI=1S/C15H14FN5O3/c16-10-2-1-3-11(8-10)21-6-4-12(19-21)14(23)17-5-7-20-13(22)9-18-15(20)24/h1-4,6,8H,5,7,9H2,(H,17,23)(H,18,24). The van der Waals surface area contributed by atoms with Gasteiger partial charge in [-0.2, -0.15) is 5.10 Å². The Bertz CT molecular complexity index is 788. The van der Waals surface area contributed by atoms with Gasteiger partial charge in [0.1, 0.15) is 5.82 Å². The fourth-order valence-electron chi connectivity index (χ4n) is 2.26.